The highest BCUT2D eigenvalue weighted by Gasteiger charge is 2.18. The van der Waals surface area contributed by atoms with E-state index in [0.29, 0.717) is 5.56 Å². The van der Waals surface area contributed by atoms with Crippen molar-refractivity contribution in [2.75, 3.05) is 0 Å². The smallest absolute Gasteiger partial charge is 0.323 e. The maximum atomic E-state index is 10.8. The zero-order valence-corrected chi connectivity index (χ0v) is 8.24. The first-order chi connectivity index (χ1) is 6.56. The molecule has 0 amide bonds. The molecule has 0 spiro atoms. The zero-order chi connectivity index (χ0) is 10.7. The second kappa shape index (κ2) is 3.97. The summed E-state index contributed by atoms with van der Waals surface area (Å²) >= 11 is 0. The van der Waals surface area contributed by atoms with E-state index in [-0.39, 0.29) is 0 Å². The lowest BCUT2D eigenvalue weighted by atomic mass is 9.94. The molecule has 0 aliphatic heterocycles. The van der Waals surface area contributed by atoms with Crippen LogP contribution in [0.1, 0.15) is 22.6 Å². The number of carboxylic acid groups (broad SMARTS) is 1. The van der Waals surface area contributed by atoms with Crippen molar-refractivity contribution in [3.63, 3.8) is 0 Å². The first kappa shape index (κ1) is 10.3. The number of aliphatic carboxylic acids is 1. The van der Waals surface area contributed by atoms with Crippen LogP contribution in [0, 0.1) is 26.2 Å². The van der Waals surface area contributed by atoms with Gasteiger partial charge in [0.15, 0.2) is 0 Å². The molecule has 1 N–H and O–H groups in total. The Balaban J connectivity index is 3.19. The molecule has 1 atom stereocenters. The second-order valence-corrected chi connectivity index (χ2v) is 3.30. The highest BCUT2D eigenvalue weighted by Crippen LogP contribution is 2.20. The lowest BCUT2D eigenvalue weighted by molar-refractivity contribution is -0.137. The Hall–Kier alpha value is -1.75. The fraction of sp³-hybridized carbons (Fsp3) is 0.250. The van der Waals surface area contributed by atoms with Crippen molar-refractivity contribution in [2.45, 2.75) is 19.8 Å². The maximum absolute atomic E-state index is 10.8. The van der Waals surface area contributed by atoms with Crippen molar-refractivity contribution < 1.29 is 9.90 Å². The summed E-state index contributed by atoms with van der Waals surface area (Å²) in [6.45, 7) is 3.83. The summed E-state index contributed by atoms with van der Waals surface area (Å²) in [7, 11) is 0. The lowest BCUT2D eigenvalue weighted by Crippen LogP contribution is -2.10. The van der Waals surface area contributed by atoms with Gasteiger partial charge in [-0.3, -0.25) is 4.79 Å². The van der Waals surface area contributed by atoms with Gasteiger partial charge in [-0.1, -0.05) is 29.7 Å². The van der Waals surface area contributed by atoms with Crippen molar-refractivity contribution >= 4 is 5.97 Å². The van der Waals surface area contributed by atoms with E-state index in [9.17, 15) is 4.79 Å². The van der Waals surface area contributed by atoms with Gasteiger partial charge in [0.05, 0.1) is 0 Å². The van der Waals surface area contributed by atoms with Crippen molar-refractivity contribution in [3.05, 3.63) is 34.9 Å². The predicted octanol–water partition coefficient (Wildman–Crippen LogP) is 2.10. The van der Waals surface area contributed by atoms with Crippen LogP contribution in [0.2, 0.25) is 0 Å². The molecule has 0 saturated carbocycles. The number of hydrogen-bond donors (Lipinski definition) is 1. The van der Waals surface area contributed by atoms with Crippen molar-refractivity contribution in [2.24, 2.45) is 0 Å². The summed E-state index contributed by atoms with van der Waals surface area (Å²) in [6.07, 6.45) is 5.18. The van der Waals surface area contributed by atoms with Crippen LogP contribution in [0.5, 0.6) is 0 Å². The second-order valence-electron chi connectivity index (χ2n) is 3.30. The normalized spacial score (nSPS) is 11.8. The van der Waals surface area contributed by atoms with Gasteiger partial charge in [-0.15, -0.1) is 6.42 Å². The molecular formula is C12H12O2. The van der Waals surface area contributed by atoms with Crippen molar-refractivity contribution in [3.8, 4) is 12.3 Å². The van der Waals surface area contributed by atoms with Crippen LogP contribution in [0.4, 0.5) is 0 Å². The van der Waals surface area contributed by atoms with E-state index in [0.717, 1.165) is 11.1 Å². The number of rotatable bonds is 2. The monoisotopic (exact) mass is 188 g/mol. The molecule has 72 valence electrons. The molecule has 0 bridgehead atoms. The Morgan fingerprint density at radius 1 is 1.50 bits per heavy atom. The molecule has 14 heavy (non-hydrogen) atoms. The highest BCUT2D eigenvalue weighted by molar-refractivity contribution is 5.80. The fourth-order valence-electron chi connectivity index (χ4n) is 1.44. The molecule has 0 aliphatic rings. The van der Waals surface area contributed by atoms with Crippen LogP contribution in [0.25, 0.3) is 0 Å². The largest absolute Gasteiger partial charge is 0.480 e. The zero-order valence-electron chi connectivity index (χ0n) is 8.24. The Labute approximate surface area is 83.6 Å². The third-order valence-corrected chi connectivity index (χ3v) is 2.15. The summed E-state index contributed by atoms with van der Waals surface area (Å²) in [4.78, 5) is 10.8. The van der Waals surface area contributed by atoms with E-state index in [4.69, 9.17) is 11.5 Å². The van der Waals surface area contributed by atoms with Gasteiger partial charge in [-0.05, 0) is 25.0 Å². The predicted molar refractivity (Wildman–Crippen MR) is 55.1 cm³/mol. The minimum atomic E-state index is -0.973. The topological polar surface area (TPSA) is 37.3 Å². The molecule has 1 unspecified atom stereocenters. The number of carbonyl (C=O) groups is 1. The summed E-state index contributed by atoms with van der Waals surface area (Å²) in [5.41, 5.74) is 2.73. The molecule has 0 radical (unpaired) electrons. The van der Waals surface area contributed by atoms with Gasteiger partial charge in [0.1, 0.15) is 5.92 Å². The summed E-state index contributed by atoms with van der Waals surface area (Å²) in [5.74, 6) is 0.468. The molecule has 1 aromatic carbocycles. The number of terminal acetylenes is 1. The van der Waals surface area contributed by atoms with Gasteiger partial charge in [-0.25, -0.2) is 0 Å². The first-order valence-electron chi connectivity index (χ1n) is 4.32. The molecule has 0 aliphatic carbocycles. The number of hydrogen-bond acceptors (Lipinski definition) is 1. The van der Waals surface area contributed by atoms with E-state index in [1.54, 1.807) is 6.07 Å². The van der Waals surface area contributed by atoms with Crippen LogP contribution < -0.4 is 0 Å². The van der Waals surface area contributed by atoms with Gasteiger partial charge in [0.2, 0.25) is 0 Å². The lowest BCUT2D eigenvalue weighted by Gasteiger charge is -2.09. The summed E-state index contributed by atoms with van der Waals surface area (Å²) in [5, 5.41) is 8.88. The Morgan fingerprint density at radius 3 is 2.57 bits per heavy atom. The van der Waals surface area contributed by atoms with E-state index >= 15 is 0 Å². The van der Waals surface area contributed by atoms with Crippen LogP contribution in [0.15, 0.2) is 18.2 Å². The van der Waals surface area contributed by atoms with Gasteiger partial charge < -0.3 is 5.11 Å². The number of benzene rings is 1. The van der Waals surface area contributed by atoms with Crippen LogP contribution >= 0.6 is 0 Å². The third kappa shape index (κ3) is 1.94. The van der Waals surface area contributed by atoms with E-state index in [1.807, 2.05) is 26.0 Å². The van der Waals surface area contributed by atoms with Gasteiger partial charge in [0, 0.05) is 0 Å². The Morgan fingerprint density at radius 2 is 2.14 bits per heavy atom. The molecule has 0 saturated heterocycles. The molecule has 1 rings (SSSR count). The standard InChI is InChI=1S/C12H12O2/c1-4-10(12(13)14)11-6-5-8(2)7-9(11)3/h1,5-7,10H,2-3H3,(H,13,14). The molecular weight excluding hydrogens is 176 g/mol. The van der Waals surface area contributed by atoms with Gasteiger partial charge >= 0.3 is 5.97 Å². The molecule has 2 heteroatoms. The molecule has 2 nitrogen and oxygen atoms in total. The fourth-order valence-corrected chi connectivity index (χ4v) is 1.44. The molecule has 0 heterocycles. The minimum Gasteiger partial charge on any atom is -0.480 e. The average molecular weight is 188 g/mol. The number of carboxylic acids is 1. The van der Waals surface area contributed by atoms with E-state index in [1.165, 1.54) is 0 Å². The Kier molecular flexibility index (Phi) is 2.93. The van der Waals surface area contributed by atoms with Crippen molar-refractivity contribution in [1.29, 1.82) is 0 Å². The molecule has 0 fully saturated rings. The summed E-state index contributed by atoms with van der Waals surface area (Å²) < 4.78 is 0. The van der Waals surface area contributed by atoms with Crippen LogP contribution in [0.3, 0.4) is 0 Å². The van der Waals surface area contributed by atoms with Gasteiger partial charge in [0.25, 0.3) is 0 Å². The average Bonchev–Trinajstić information content (AvgIpc) is 2.09. The van der Waals surface area contributed by atoms with Crippen molar-refractivity contribution in [1.82, 2.24) is 0 Å². The van der Waals surface area contributed by atoms with Crippen LogP contribution in [-0.2, 0) is 4.79 Å². The SMILES string of the molecule is C#CC(C(=O)O)c1ccc(C)cc1C. The first-order valence-corrected chi connectivity index (χ1v) is 4.32. The molecule has 0 aromatic heterocycles. The quantitative estimate of drug-likeness (QED) is 0.722. The van der Waals surface area contributed by atoms with Crippen LogP contribution in [-0.4, -0.2) is 11.1 Å². The van der Waals surface area contributed by atoms with Gasteiger partial charge in [-0.2, -0.15) is 0 Å². The Bertz CT molecular complexity index is 399. The minimum absolute atomic E-state index is 0.700. The van der Waals surface area contributed by atoms with E-state index < -0.39 is 11.9 Å². The third-order valence-electron chi connectivity index (χ3n) is 2.15. The highest BCUT2D eigenvalue weighted by atomic mass is 16.4. The maximum Gasteiger partial charge on any atom is 0.323 e. The number of aryl methyl sites for hydroxylation is 2. The summed E-state index contributed by atoms with van der Waals surface area (Å²) in [6, 6.07) is 5.58. The molecule has 1 aromatic rings. The van der Waals surface area contributed by atoms with E-state index in [2.05, 4.69) is 5.92 Å².